The number of ether oxygens (including phenoxy) is 1. The van der Waals surface area contributed by atoms with Gasteiger partial charge >= 0.3 is 0 Å². The molecule has 5 heteroatoms. The Kier molecular flexibility index (Phi) is 7.64. The Labute approximate surface area is 159 Å². The summed E-state index contributed by atoms with van der Waals surface area (Å²) in [5.41, 5.74) is 0.603. The Morgan fingerprint density at radius 2 is 2.04 bits per heavy atom. The van der Waals surface area contributed by atoms with Crippen molar-refractivity contribution in [2.75, 3.05) is 33.3 Å². The first-order chi connectivity index (χ1) is 10.2. The molecule has 0 aliphatic carbocycles. The van der Waals surface area contributed by atoms with Gasteiger partial charge in [-0.1, -0.05) is 34.6 Å². The van der Waals surface area contributed by atoms with Crippen LogP contribution in [0.15, 0.2) is 4.99 Å². The third kappa shape index (κ3) is 5.76. The molecule has 0 saturated carbocycles. The molecule has 23 heavy (non-hydrogen) atoms. The number of guanidine groups is 1. The van der Waals surface area contributed by atoms with Crippen LogP contribution in [0.1, 0.15) is 53.9 Å². The number of hydrogen-bond acceptors (Lipinski definition) is 2. The monoisotopic (exact) mass is 437 g/mol. The first kappa shape index (κ1) is 21.0. The summed E-state index contributed by atoms with van der Waals surface area (Å²) in [6.07, 6.45) is 4.00. The standard InChI is InChI=1S/C18H35N3O.HI/c1-17(2,3)15-14(8-7-11-22-15)12-20-16(19-6)21-10-9-18(4,5)13-21;/h14-15H,7-13H2,1-6H3,(H,19,20);1H. The van der Waals surface area contributed by atoms with Crippen LogP contribution in [0.5, 0.6) is 0 Å². The lowest BCUT2D eigenvalue weighted by molar-refractivity contribution is -0.0836. The maximum absolute atomic E-state index is 6.09. The molecule has 2 unspecified atom stereocenters. The SMILES string of the molecule is CN=C(NCC1CCCOC1C(C)(C)C)N1CCC(C)(C)C1.I. The van der Waals surface area contributed by atoms with Gasteiger partial charge in [0.2, 0.25) is 0 Å². The van der Waals surface area contributed by atoms with Crippen molar-refractivity contribution in [3.63, 3.8) is 0 Å². The minimum atomic E-state index is 0. The maximum Gasteiger partial charge on any atom is 0.193 e. The Bertz CT molecular complexity index is 404. The number of rotatable bonds is 2. The molecule has 2 heterocycles. The highest BCUT2D eigenvalue weighted by Gasteiger charge is 2.36. The van der Waals surface area contributed by atoms with E-state index < -0.39 is 0 Å². The van der Waals surface area contributed by atoms with Crippen molar-refractivity contribution < 1.29 is 4.74 Å². The zero-order valence-corrected chi connectivity index (χ0v) is 18.1. The van der Waals surface area contributed by atoms with Gasteiger partial charge in [-0.3, -0.25) is 4.99 Å². The fraction of sp³-hybridized carbons (Fsp3) is 0.944. The van der Waals surface area contributed by atoms with Gasteiger partial charge in [0.25, 0.3) is 0 Å². The summed E-state index contributed by atoms with van der Waals surface area (Å²) in [4.78, 5) is 6.90. The fourth-order valence-electron chi connectivity index (χ4n) is 3.86. The van der Waals surface area contributed by atoms with Gasteiger partial charge < -0.3 is 15.0 Å². The highest BCUT2D eigenvalue weighted by molar-refractivity contribution is 14.0. The van der Waals surface area contributed by atoms with E-state index in [9.17, 15) is 0 Å². The van der Waals surface area contributed by atoms with E-state index in [-0.39, 0.29) is 29.4 Å². The van der Waals surface area contributed by atoms with Crippen LogP contribution in [0.3, 0.4) is 0 Å². The molecule has 136 valence electrons. The second kappa shape index (κ2) is 8.37. The van der Waals surface area contributed by atoms with E-state index in [2.05, 4.69) is 49.8 Å². The zero-order valence-electron chi connectivity index (χ0n) is 15.8. The molecule has 4 nitrogen and oxygen atoms in total. The van der Waals surface area contributed by atoms with E-state index in [1.54, 1.807) is 0 Å². The lowest BCUT2D eigenvalue weighted by Crippen LogP contribution is -2.48. The van der Waals surface area contributed by atoms with Crippen molar-refractivity contribution in [3.8, 4) is 0 Å². The van der Waals surface area contributed by atoms with Gasteiger partial charge in [-0.25, -0.2) is 0 Å². The molecule has 0 spiro atoms. The number of likely N-dealkylation sites (tertiary alicyclic amines) is 1. The molecule has 1 N–H and O–H groups in total. The molecule has 0 bridgehead atoms. The molecule has 0 radical (unpaired) electrons. The molecule has 0 aromatic heterocycles. The van der Waals surface area contributed by atoms with Gasteiger partial charge in [0.15, 0.2) is 5.96 Å². The largest absolute Gasteiger partial charge is 0.377 e. The molecular formula is C18H36IN3O. The maximum atomic E-state index is 6.09. The zero-order chi connectivity index (χ0) is 16.4. The quantitative estimate of drug-likeness (QED) is 0.406. The minimum absolute atomic E-state index is 0. The van der Waals surface area contributed by atoms with Crippen LogP contribution in [0.4, 0.5) is 0 Å². The van der Waals surface area contributed by atoms with Crippen molar-refractivity contribution in [2.24, 2.45) is 21.7 Å². The van der Waals surface area contributed by atoms with Gasteiger partial charge in [-0.15, -0.1) is 24.0 Å². The van der Waals surface area contributed by atoms with E-state index >= 15 is 0 Å². The number of hydrogen-bond donors (Lipinski definition) is 1. The molecule has 2 saturated heterocycles. The van der Waals surface area contributed by atoms with Gasteiger partial charge in [-0.2, -0.15) is 0 Å². The van der Waals surface area contributed by atoms with Crippen molar-refractivity contribution in [3.05, 3.63) is 0 Å². The second-order valence-corrected chi connectivity index (χ2v) is 8.82. The summed E-state index contributed by atoms with van der Waals surface area (Å²) in [7, 11) is 1.90. The first-order valence-electron chi connectivity index (χ1n) is 8.80. The van der Waals surface area contributed by atoms with Crippen LogP contribution in [0, 0.1) is 16.7 Å². The summed E-state index contributed by atoms with van der Waals surface area (Å²) in [6.45, 7) is 15.6. The van der Waals surface area contributed by atoms with Crippen LogP contribution in [0.25, 0.3) is 0 Å². The Morgan fingerprint density at radius 3 is 2.57 bits per heavy atom. The van der Waals surface area contributed by atoms with E-state index in [4.69, 9.17) is 4.74 Å². The molecular weight excluding hydrogens is 401 g/mol. The van der Waals surface area contributed by atoms with Gasteiger partial charge in [0.1, 0.15) is 0 Å². The number of nitrogens with one attached hydrogen (secondary N) is 1. The predicted octanol–water partition coefficient (Wildman–Crippen LogP) is 3.75. The molecule has 0 aromatic carbocycles. The normalized spacial score (nSPS) is 28.4. The third-order valence-corrected chi connectivity index (χ3v) is 5.01. The molecule has 0 amide bonds. The Morgan fingerprint density at radius 1 is 1.35 bits per heavy atom. The number of aliphatic imine (C=N–C) groups is 1. The molecule has 2 rings (SSSR count). The van der Waals surface area contributed by atoms with Crippen LogP contribution in [-0.4, -0.2) is 50.3 Å². The summed E-state index contributed by atoms with van der Waals surface area (Å²) in [5, 5.41) is 3.62. The van der Waals surface area contributed by atoms with Crippen LogP contribution >= 0.6 is 24.0 Å². The van der Waals surface area contributed by atoms with Crippen LogP contribution < -0.4 is 5.32 Å². The average Bonchev–Trinajstić information content (AvgIpc) is 2.79. The minimum Gasteiger partial charge on any atom is -0.377 e. The average molecular weight is 437 g/mol. The number of halogens is 1. The number of nitrogens with zero attached hydrogens (tertiary/aromatic N) is 2. The summed E-state index contributed by atoms with van der Waals surface area (Å²) in [6, 6.07) is 0. The van der Waals surface area contributed by atoms with Crippen molar-refractivity contribution in [1.29, 1.82) is 0 Å². The smallest absolute Gasteiger partial charge is 0.193 e. The van der Waals surface area contributed by atoms with E-state index in [0.29, 0.717) is 17.4 Å². The fourth-order valence-corrected chi connectivity index (χ4v) is 3.86. The molecule has 2 atom stereocenters. The Balaban J connectivity index is 0.00000264. The van der Waals surface area contributed by atoms with Gasteiger partial charge in [0, 0.05) is 39.2 Å². The lowest BCUT2D eigenvalue weighted by atomic mass is 9.78. The van der Waals surface area contributed by atoms with E-state index in [0.717, 1.165) is 32.2 Å². The van der Waals surface area contributed by atoms with E-state index in [1.165, 1.54) is 19.3 Å². The molecule has 0 aromatic rings. The van der Waals surface area contributed by atoms with Gasteiger partial charge in [0.05, 0.1) is 6.10 Å². The van der Waals surface area contributed by atoms with Crippen molar-refractivity contribution in [2.45, 2.75) is 60.0 Å². The first-order valence-corrected chi connectivity index (χ1v) is 8.80. The predicted molar refractivity (Wildman–Crippen MR) is 109 cm³/mol. The second-order valence-electron chi connectivity index (χ2n) is 8.82. The molecule has 2 aliphatic rings. The lowest BCUT2D eigenvalue weighted by Gasteiger charge is -2.40. The highest BCUT2D eigenvalue weighted by Crippen LogP contribution is 2.34. The van der Waals surface area contributed by atoms with Crippen molar-refractivity contribution in [1.82, 2.24) is 10.2 Å². The summed E-state index contributed by atoms with van der Waals surface area (Å²) >= 11 is 0. The summed E-state index contributed by atoms with van der Waals surface area (Å²) < 4.78 is 6.09. The highest BCUT2D eigenvalue weighted by atomic mass is 127. The Hall–Kier alpha value is -0.0400. The van der Waals surface area contributed by atoms with E-state index in [1.807, 2.05) is 7.05 Å². The van der Waals surface area contributed by atoms with Crippen LogP contribution in [0.2, 0.25) is 0 Å². The van der Waals surface area contributed by atoms with Crippen molar-refractivity contribution >= 4 is 29.9 Å². The molecule has 2 fully saturated rings. The van der Waals surface area contributed by atoms with Gasteiger partial charge in [-0.05, 0) is 30.1 Å². The van der Waals surface area contributed by atoms with Crippen LogP contribution in [-0.2, 0) is 4.74 Å². The topological polar surface area (TPSA) is 36.9 Å². The third-order valence-electron chi connectivity index (χ3n) is 5.01. The molecule has 2 aliphatic heterocycles. The summed E-state index contributed by atoms with van der Waals surface area (Å²) in [5.74, 6) is 1.63.